The van der Waals surface area contributed by atoms with Crippen molar-refractivity contribution in [2.75, 3.05) is 6.35 Å². The van der Waals surface area contributed by atoms with Gasteiger partial charge in [0, 0.05) is 5.56 Å². The van der Waals surface area contributed by atoms with E-state index in [1.54, 1.807) is 18.2 Å². The van der Waals surface area contributed by atoms with E-state index in [4.69, 9.17) is 18.9 Å². The normalized spacial score (nSPS) is 11.1. The Labute approximate surface area is 148 Å². The molecule has 2 aromatic carbocycles. The topological polar surface area (TPSA) is 130 Å². The predicted molar refractivity (Wildman–Crippen MR) is 96.6 cm³/mol. The summed E-state index contributed by atoms with van der Waals surface area (Å²) in [4.78, 5) is 41.6. The van der Waals surface area contributed by atoms with Crippen molar-refractivity contribution in [1.82, 2.24) is 0 Å². The SMILES string of the molecule is Cc1ccc2c(=O)c(OCP(O)O)c(-c3ccc(N=O)c(O)c3)oc2c1. The molecule has 0 aliphatic heterocycles. The number of phenolic OH excluding ortho intramolecular Hbond substituents is 1. The minimum Gasteiger partial charge on any atom is -0.506 e. The van der Waals surface area contributed by atoms with Gasteiger partial charge in [-0.2, -0.15) is 0 Å². The van der Waals surface area contributed by atoms with Crippen molar-refractivity contribution < 1.29 is 24.0 Å². The lowest BCUT2D eigenvalue weighted by molar-refractivity contribution is 0.339. The molecule has 0 aliphatic rings. The molecule has 0 bridgehead atoms. The van der Waals surface area contributed by atoms with Crippen LogP contribution >= 0.6 is 8.38 Å². The van der Waals surface area contributed by atoms with Crippen molar-refractivity contribution in [3.05, 3.63) is 57.1 Å². The van der Waals surface area contributed by atoms with Crippen molar-refractivity contribution in [3.8, 4) is 22.8 Å². The highest BCUT2D eigenvalue weighted by Gasteiger charge is 2.20. The van der Waals surface area contributed by atoms with Crippen LogP contribution in [-0.2, 0) is 0 Å². The Kier molecular flexibility index (Phi) is 4.99. The summed E-state index contributed by atoms with van der Waals surface area (Å²) in [6.45, 7) is 1.84. The molecule has 8 nitrogen and oxygen atoms in total. The largest absolute Gasteiger partial charge is 0.506 e. The first-order valence-corrected chi connectivity index (χ1v) is 8.86. The predicted octanol–water partition coefficient (Wildman–Crippen LogP) is 3.50. The third-order valence-corrected chi connectivity index (χ3v) is 4.03. The van der Waals surface area contributed by atoms with E-state index < -0.39 is 20.2 Å². The van der Waals surface area contributed by atoms with Crippen molar-refractivity contribution >= 4 is 25.0 Å². The van der Waals surface area contributed by atoms with Crippen molar-refractivity contribution in [2.45, 2.75) is 6.92 Å². The fourth-order valence-corrected chi connectivity index (χ4v) is 2.71. The molecule has 1 aromatic heterocycles. The molecule has 0 radical (unpaired) electrons. The molecule has 9 heteroatoms. The molecule has 134 valence electrons. The minimum absolute atomic E-state index is 0.00213. The van der Waals surface area contributed by atoms with Gasteiger partial charge in [-0.3, -0.25) is 4.79 Å². The molecule has 0 amide bonds. The Balaban J connectivity index is 2.27. The number of hydrogen-bond donors (Lipinski definition) is 3. The molecule has 1 heterocycles. The van der Waals surface area contributed by atoms with Gasteiger partial charge in [-0.25, -0.2) is 0 Å². The van der Waals surface area contributed by atoms with Gasteiger partial charge in [-0.05, 0) is 48.0 Å². The van der Waals surface area contributed by atoms with E-state index in [1.165, 1.54) is 18.2 Å². The summed E-state index contributed by atoms with van der Waals surface area (Å²) in [7, 11) is -2.39. The average Bonchev–Trinajstić information content (AvgIpc) is 2.60. The quantitative estimate of drug-likeness (QED) is 0.460. The minimum atomic E-state index is -2.39. The molecule has 3 N–H and O–H groups in total. The second-order valence-electron chi connectivity index (χ2n) is 5.53. The van der Waals surface area contributed by atoms with Gasteiger partial charge in [0.25, 0.3) is 0 Å². The van der Waals surface area contributed by atoms with E-state index in [9.17, 15) is 14.8 Å². The third-order valence-electron chi connectivity index (χ3n) is 3.67. The van der Waals surface area contributed by atoms with E-state index >= 15 is 0 Å². The fourth-order valence-electron chi connectivity index (χ4n) is 2.47. The summed E-state index contributed by atoms with van der Waals surface area (Å²) in [5.74, 6) is -0.608. The van der Waals surface area contributed by atoms with Gasteiger partial charge in [-0.15, -0.1) is 4.91 Å². The lowest BCUT2D eigenvalue weighted by atomic mass is 10.1. The first-order valence-electron chi connectivity index (χ1n) is 7.43. The first-order chi connectivity index (χ1) is 12.4. The summed E-state index contributed by atoms with van der Waals surface area (Å²) in [5, 5.41) is 12.8. The standard InChI is InChI=1S/C17H14NO7P/c1-9-2-4-11-14(6-9)25-16(17(15(11)20)24-8-26(22)23)10-3-5-12(18-21)13(19)7-10/h2-7,19,22-23H,8H2,1H3. The van der Waals surface area contributed by atoms with Gasteiger partial charge in [-0.1, -0.05) is 6.07 Å². The Morgan fingerprint density at radius 3 is 2.62 bits per heavy atom. The monoisotopic (exact) mass is 375 g/mol. The highest BCUT2D eigenvalue weighted by molar-refractivity contribution is 7.44. The molecule has 0 aliphatic carbocycles. The van der Waals surface area contributed by atoms with Crippen LogP contribution in [0.1, 0.15) is 5.56 Å². The lowest BCUT2D eigenvalue weighted by Gasteiger charge is -2.12. The lowest BCUT2D eigenvalue weighted by Crippen LogP contribution is -2.10. The number of nitrogens with zero attached hydrogens (tertiary/aromatic N) is 1. The van der Waals surface area contributed by atoms with E-state index in [-0.39, 0.29) is 33.9 Å². The molecular formula is C17H14NO7P. The second-order valence-corrected chi connectivity index (χ2v) is 6.53. The number of benzene rings is 2. The molecule has 3 rings (SSSR count). The highest BCUT2D eigenvalue weighted by atomic mass is 31.2. The van der Waals surface area contributed by atoms with E-state index in [0.29, 0.717) is 5.58 Å². The summed E-state index contributed by atoms with van der Waals surface area (Å²) < 4.78 is 11.1. The fraction of sp³-hybridized carbons (Fsp3) is 0.118. The molecule has 0 fully saturated rings. The van der Waals surface area contributed by atoms with Gasteiger partial charge < -0.3 is 24.0 Å². The van der Waals surface area contributed by atoms with Gasteiger partial charge in [0.1, 0.15) is 17.0 Å². The van der Waals surface area contributed by atoms with Crippen molar-refractivity contribution in [3.63, 3.8) is 0 Å². The van der Waals surface area contributed by atoms with Crippen LogP contribution in [0.25, 0.3) is 22.3 Å². The molecule has 0 saturated carbocycles. The Morgan fingerprint density at radius 1 is 1.19 bits per heavy atom. The highest BCUT2D eigenvalue weighted by Crippen LogP contribution is 2.37. The Morgan fingerprint density at radius 2 is 1.96 bits per heavy atom. The van der Waals surface area contributed by atoms with Gasteiger partial charge >= 0.3 is 0 Å². The summed E-state index contributed by atoms with van der Waals surface area (Å²) in [6, 6.07) is 8.92. The number of fused-ring (bicyclic) bond motifs is 1. The number of rotatable bonds is 5. The maximum atomic E-state index is 12.8. The van der Waals surface area contributed by atoms with Gasteiger partial charge in [0.2, 0.25) is 19.6 Å². The zero-order valence-electron chi connectivity index (χ0n) is 13.5. The Hall–Kier alpha value is -2.80. The summed E-state index contributed by atoms with van der Waals surface area (Å²) in [6.07, 6.45) is -0.482. The molecule has 0 unspecified atom stereocenters. The van der Waals surface area contributed by atoms with Crippen LogP contribution < -0.4 is 10.2 Å². The van der Waals surface area contributed by atoms with Gasteiger partial charge in [0.05, 0.1) is 5.39 Å². The number of aromatic hydroxyl groups is 1. The van der Waals surface area contributed by atoms with Crippen LogP contribution in [0.4, 0.5) is 5.69 Å². The zero-order valence-corrected chi connectivity index (χ0v) is 14.4. The van der Waals surface area contributed by atoms with Crippen LogP contribution in [0.3, 0.4) is 0 Å². The van der Waals surface area contributed by atoms with Crippen LogP contribution in [0.2, 0.25) is 0 Å². The number of aryl methyl sites for hydroxylation is 1. The molecule has 0 saturated heterocycles. The molecule has 3 aromatic rings. The first kappa shape index (κ1) is 18.0. The molecule has 0 spiro atoms. The second kappa shape index (κ2) is 7.21. The number of hydrogen-bond acceptors (Lipinski definition) is 8. The van der Waals surface area contributed by atoms with E-state index in [0.717, 1.165) is 5.56 Å². The van der Waals surface area contributed by atoms with E-state index in [1.807, 2.05) is 6.92 Å². The summed E-state index contributed by atoms with van der Waals surface area (Å²) in [5.41, 5.74) is 0.799. The zero-order chi connectivity index (χ0) is 18.8. The van der Waals surface area contributed by atoms with Gasteiger partial charge in [0.15, 0.2) is 12.1 Å². The average molecular weight is 375 g/mol. The number of phenols is 1. The molecule has 0 atom stereocenters. The third kappa shape index (κ3) is 3.43. The maximum absolute atomic E-state index is 12.8. The van der Waals surface area contributed by atoms with Crippen LogP contribution in [-0.4, -0.2) is 21.2 Å². The number of nitroso groups, excluding NO2 is 1. The van der Waals surface area contributed by atoms with Crippen LogP contribution in [0.15, 0.2) is 50.8 Å². The smallest absolute Gasteiger partial charge is 0.235 e. The van der Waals surface area contributed by atoms with Crippen LogP contribution in [0, 0.1) is 11.8 Å². The van der Waals surface area contributed by atoms with Crippen molar-refractivity contribution in [2.24, 2.45) is 5.18 Å². The van der Waals surface area contributed by atoms with Crippen LogP contribution in [0.5, 0.6) is 11.5 Å². The number of ether oxygens (including phenoxy) is 1. The molecular weight excluding hydrogens is 361 g/mol. The summed E-state index contributed by atoms with van der Waals surface area (Å²) >= 11 is 0. The Bertz CT molecular complexity index is 1050. The maximum Gasteiger partial charge on any atom is 0.235 e. The van der Waals surface area contributed by atoms with E-state index in [2.05, 4.69) is 5.18 Å². The van der Waals surface area contributed by atoms with Crippen molar-refractivity contribution in [1.29, 1.82) is 0 Å². The molecule has 26 heavy (non-hydrogen) atoms.